The van der Waals surface area contributed by atoms with E-state index >= 15 is 0 Å². The molecule has 0 aliphatic rings. The molecule has 0 amide bonds. The molecule has 0 bridgehead atoms. The van der Waals surface area contributed by atoms with Gasteiger partial charge in [0.15, 0.2) is 11.6 Å². The predicted octanol–water partition coefficient (Wildman–Crippen LogP) is 1.14. The molecule has 0 aliphatic heterocycles. The fourth-order valence-corrected chi connectivity index (χ4v) is 1.97. The van der Waals surface area contributed by atoms with Gasteiger partial charge >= 0.3 is 0 Å². The molecule has 8 nitrogen and oxygen atoms in total. The number of nitrogens with zero attached hydrogens (tertiary/aromatic N) is 5. The van der Waals surface area contributed by atoms with E-state index in [1.165, 1.54) is 6.33 Å². The van der Waals surface area contributed by atoms with Crippen LogP contribution in [0.25, 0.3) is 0 Å². The van der Waals surface area contributed by atoms with Gasteiger partial charge in [-0.05, 0) is 6.92 Å². The molecule has 0 aromatic carbocycles. The number of hydrogen-bond acceptors (Lipinski definition) is 8. The van der Waals surface area contributed by atoms with Crippen molar-refractivity contribution in [2.24, 2.45) is 0 Å². The van der Waals surface area contributed by atoms with Crippen molar-refractivity contribution >= 4 is 17.3 Å². The number of nitrogens with one attached hydrogen (secondary N) is 1. The molecule has 0 spiro atoms. The monoisotopic (exact) mass is 303 g/mol. The van der Waals surface area contributed by atoms with Crippen LogP contribution in [0.15, 0.2) is 6.33 Å². The Kier molecular flexibility index (Phi) is 7.44. The topological polar surface area (TPSA) is 124 Å². The number of nitriles is 2. The molecular weight excluding hydrogens is 282 g/mol. The van der Waals surface area contributed by atoms with Crippen molar-refractivity contribution in [3.8, 4) is 12.1 Å². The SMILES string of the molecule is COCC(C)Nc1ncnc(N(CCC#N)CCC#N)c1N. The van der Waals surface area contributed by atoms with E-state index in [9.17, 15) is 0 Å². The molecule has 1 atom stereocenters. The smallest absolute Gasteiger partial charge is 0.157 e. The summed E-state index contributed by atoms with van der Waals surface area (Å²) in [4.78, 5) is 10.2. The molecule has 0 saturated carbocycles. The Morgan fingerprint density at radius 1 is 1.32 bits per heavy atom. The highest BCUT2D eigenvalue weighted by Crippen LogP contribution is 2.26. The summed E-state index contributed by atoms with van der Waals surface area (Å²) in [6, 6.07) is 4.22. The van der Waals surface area contributed by atoms with E-state index in [-0.39, 0.29) is 6.04 Å². The molecule has 1 heterocycles. The minimum Gasteiger partial charge on any atom is -0.393 e. The Balaban J connectivity index is 2.96. The maximum atomic E-state index is 8.76. The third kappa shape index (κ3) is 5.08. The van der Waals surface area contributed by atoms with Gasteiger partial charge in [0.2, 0.25) is 0 Å². The second kappa shape index (κ2) is 9.37. The van der Waals surface area contributed by atoms with Crippen molar-refractivity contribution in [3.05, 3.63) is 6.33 Å². The maximum absolute atomic E-state index is 8.76. The molecule has 0 fully saturated rings. The summed E-state index contributed by atoms with van der Waals surface area (Å²) in [6.07, 6.45) is 2.08. The zero-order chi connectivity index (χ0) is 16.4. The molecule has 1 rings (SSSR count). The van der Waals surface area contributed by atoms with Gasteiger partial charge in [0.25, 0.3) is 0 Å². The predicted molar refractivity (Wildman–Crippen MR) is 84.1 cm³/mol. The summed E-state index contributed by atoms with van der Waals surface area (Å²) in [5.41, 5.74) is 6.54. The van der Waals surface area contributed by atoms with Crippen LogP contribution in [0.3, 0.4) is 0 Å². The average Bonchev–Trinajstić information content (AvgIpc) is 2.50. The van der Waals surface area contributed by atoms with Gasteiger partial charge < -0.3 is 20.7 Å². The third-order valence-corrected chi connectivity index (χ3v) is 2.95. The van der Waals surface area contributed by atoms with E-state index in [0.717, 1.165) is 0 Å². The van der Waals surface area contributed by atoms with E-state index in [1.807, 2.05) is 11.8 Å². The highest BCUT2D eigenvalue weighted by atomic mass is 16.5. The molecule has 0 radical (unpaired) electrons. The molecule has 1 aromatic rings. The van der Waals surface area contributed by atoms with Crippen LogP contribution in [0.1, 0.15) is 19.8 Å². The van der Waals surface area contributed by atoms with Crippen LogP contribution < -0.4 is 16.0 Å². The number of hydrogen-bond donors (Lipinski definition) is 2. The molecule has 118 valence electrons. The third-order valence-electron chi connectivity index (χ3n) is 2.95. The quantitative estimate of drug-likeness (QED) is 0.696. The van der Waals surface area contributed by atoms with Crippen LogP contribution >= 0.6 is 0 Å². The minimum absolute atomic E-state index is 0.0433. The van der Waals surface area contributed by atoms with Crippen LogP contribution in [-0.2, 0) is 4.74 Å². The Bertz CT molecular complexity index is 531. The highest BCUT2D eigenvalue weighted by Gasteiger charge is 2.16. The van der Waals surface area contributed by atoms with Crippen molar-refractivity contribution in [3.63, 3.8) is 0 Å². The second-order valence-electron chi connectivity index (χ2n) is 4.76. The van der Waals surface area contributed by atoms with Gasteiger partial charge in [0, 0.05) is 26.2 Å². The lowest BCUT2D eigenvalue weighted by Gasteiger charge is -2.24. The molecular formula is C14H21N7O. The average molecular weight is 303 g/mol. The molecule has 0 aliphatic carbocycles. The standard InChI is InChI=1S/C14H21N7O/c1-11(9-22-2)20-13-12(17)14(19-10-18-13)21(7-3-5-15)8-4-6-16/h10-11H,3-4,7-9,17H2,1-2H3,(H,18,19,20). The van der Waals surface area contributed by atoms with Crippen LogP contribution in [0, 0.1) is 22.7 Å². The first-order valence-electron chi connectivity index (χ1n) is 6.98. The number of methoxy groups -OCH3 is 1. The first kappa shape index (κ1) is 17.5. The molecule has 0 saturated heterocycles. The summed E-state index contributed by atoms with van der Waals surface area (Å²) in [7, 11) is 1.62. The van der Waals surface area contributed by atoms with Crippen LogP contribution in [0.4, 0.5) is 17.3 Å². The van der Waals surface area contributed by atoms with Gasteiger partial charge in [-0.25, -0.2) is 9.97 Å². The van der Waals surface area contributed by atoms with Crippen LogP contribution in [-0.4, -0.2) is 42.8 Å². The van der Waals surface area contributed by atoms with Crippen LogP contribution in [0.2, 0.25) is 0 Å². The first-order chi connectivity index (χ1) is 10.6. The number of rotatable bonds is 9. The van der Waals surface area contributed by atoms with Gasteiger partial charge in [-0.2, -0.15) is 10.5 Å². The van der Waals surface area contributed by atoms with Crippen LogP contribution in [0.5, 0.6) is 0 Å². The van der Waals surface area contributed by atoms with Gasteiger partial charge in [0.05, 0.1) is 31.6 Å². The lowest BCUT2D eigenvalue weighted by Crippen LogP contribution is -2.28. The van der Waals surface area contributed by atoms with E-state index in [1.54, 1.807) is 7.11 Å². The molecule has 1 aromatic heterocycles. The zero-order valence-corrected chi connectivity index (χ0v) is 12.9. The Hall–Kier alpha value is -2.58. The van der Waals surface area contributed by atoms with Gasteiger partial charge in [-0.1, -0.05) is 0 Å². The van der Waals surface area contributed by atoms with Crippen molar-refractivity contribution < 1.29 is 4.74 Å². The normalized spacial score (nSPS) is 11.3. The summed E-state index contributed by atoms with van der Waals surface area (Å²) in [5, 5.41) is 20.7. The Morgan fingerprint density at radius 3 is 2.50 bits per heavy atom. The maximum Gasteiger partial charge on any atom is 0.157 e. The van der Waals surface area contributed by atoms with Gasteiger partial charge in [-0.15, -0.1) is 0 Å². The highest BCUT2D eigenvalue weighted by molar-refractivity contribution is 5.75. The Labute approximate surface area is 130 Å². The van der Waals surface area contributed by atoms with Crippen molar-refractivity contribution in [2.45, 2.75) is 25.8 Å². The summed E-state index contributed by atoms with van der Waals surface area (Å²) in [5.74, 6) is 1.06. The fourth-order valence-electron chi connectivity index (χ4n) is 1.97. The van der Waals surface area contributed by atoms with Gasteiger partial charge in [0.1, 0.15) is 12.0 Å². The van der Waals surface area contributed by atoms with Crippen molar-refractivity contribution in [2.75, 3.05) is 42.8 Å². The van der Waals surface area contributed by atoms with Crippen molar-refractivity contribution in [1.29, 1.82) is 10.5 Å². The first-order valence-corrected chi connectivity index (χ1v) is 6.98. The number of ether oxygens (including phenoxy) is 1. The van der Waals surface area contributed by atoms with Crippen molar-refractivity contribution in [1.82, 2.24) is 9.97 Å². The lowest BCUT2D eigenvalue weighted by molar-refractivity contribution is 0.190. The summed E-state index contributed by atoms with van der Waals surface area (Å²) >= 11 is 0. The van der Waals surface area contributed by atoms with E-state index < -0.39 is 0 Å². The molecule has 8 heteroatoms. The largest absolute Gasteiger partial charge is 0.393 e. The number of nitrogens with two attached hydrogens (primary N) is 1. The second-order valence-corrected chi connectivity index (χ2v) is 4.76. The number of anilines is 3. The Morgan fingerprint density at radius 2 is 1.95 bits per heavy atom. The molecule has 3 N–H and O–H groups in total. The van der Waals surface area contributed by atoms with E-state index in [2.05, 4.69) is 27.4 Å². The summed E-state index contributed by atoms with van der Waals surface area (Å²) < 4.78 is 5.07. The lowest BCUT2D eigenvalue weighted by atomic mass is 10.3. The van der Waals surface area contributed by atoms with E-state index in [0.29, 0.717) is 49.9 Å². The number of aromatic nitrogens is 2. The molecule has 1 unspecified atom stereocenters. The van der Waals surface area contributed by atoms with E-state index in [4.69, 9.17) is 21.0 Å². The van der Waals surface area contributed by atoms with Gasteiger partial charge in [-0.3, -0.25) is 0 Å². The zero-order valence-electron chi connectivity index (χ0n) is 12.9. The molecule has 22 heavy (non-hydrogen) atoms. The number of nitrogen functional groups attached to an aromatic ring is 1. The fraction of sp³-hybridized carbons (Fsp3) is 0.571. The minimum atomic E-state index is 0.0433. The summed E-state index contributed by atoms with van der Waals surface area (Å²) in [6.45, 7) is 3.40.